The van der Waals surface area contributed by atoms with E-state index in [0.717, 1.165) is 18.9 Å². The normalized spacial score (nSPS) is 12.5. The predicted octanol–water partition coefficient (Wildman–Crippen LogP) is 4.00. The monoisotopic (exact) mass is 248 g/mol. The molecule has 1 atom stereocenters. The molecule has 1 rings (SSSR count). The third-order valence-corrected chi connectivity index (χ3v) is 2.60. The van der Waals surface area contributed by atoms with Crippen molar-refractivity contribution in [3.63, 3.8) is 0 Å². The minimum atomic E-state index is -0.924. The first kappa shape index (κ1) is 13.2. The Morgan fingerprint density at radius 1 is 1.31 bits per heavy atom. The van der Waals surface area contributed by atoms with Crippen molar-refractivity contribution >= 4 is 11.6 Å². The molecule has 4 heteroatoms. The van der Waals surface area contributed by atoms with Crippen LogP contribution in [0.4, 0.5) is 8.78 Å². The van der Waals surface area contributed by atoms with Gasteiger partial charge in [0.1, 0.15) is 0 Å². The molecular formula is C12H15ClF2O. The first-order valence-electron chi connectivity index (χ1n) is 5.28. The van der Waals surface area contributed by atoms with E-state index in [1.165, 1.54) is 12.1 Å². The number of rotatable bonds is 6. The molecule has 1 aromatic rings. The van der Waals surface area contributed by atoms with Crippen molar-refractivity contribution in [2.24, 2.45) is 5.92 Å². The minimum Gasteiger partial charge on any atom is -0.490 e. The Kier molecular flexibility index (Phi) is 5.53. The van der Waals surface area contributed by atoms with E-state index in [9.17, 15) is 8.78 Å². The quantitative estimate of drug-likeness (QED) is 0.692. The van der Waals surface area contributed by atoms with Crippen molar-refractivity contribution in [3.05, 3.63) is 29.8 Å². The Labute approximate surface area is 99.4 Å². The summed E-state index contributed by atoms with van der Waals surface area (Å²) in [6, 6.07) is 3.92. The molecule has 0 amide bonds. The fourth-order valence-electron chi connectivity index (χ4n) is 1.30. The van der Waals surface area contributed by atoms with Crippen molar-refractivity contribution in [1.29, 1.82) is 0 Å². The third-order valence-electron chi connectivity index (χ3n) is 2.39. The first-order valence-corrected chi connectivity index (χ1v) is 5.81. The maximum atomic E-state index is 13.2. The Bertz CT molecular complexity index is 331. The zero-order valence-corrected chi connectivity index (χ0v) is 9.94. The van der Waals surface area contributed by atoms with Gasteiger partial charge < -0.3 is 4.74 Å². The summed E-state index contributed by atoms with van der Waals surface area (Å²) in [4.78, 5) is 0. The van der Waals surface area contributed by atoms with Crippen LogP contribution in [0.15, 0.2) is 18.2 Å². The molecule has 0 aliphatic heterocycles. The topological polar surface area (TPSA) is 9.23 Å². The van der Waals surface area contributed by atoms with Crippen LogP contribution in [-0.2, 0) is 0 Å². The van der Waals surface area contributed by atoms with Gasteiger partial charge in [-0.15, -0.1) is 11.6 Å². The van der Waals surface area contributed by atoms with E-state index >= 15 is 0 Å². The third kappa shape index (κ3) is 3.97. The molecule has 1 unspecified atom stereocenters. The summed E-state index contributed by atoms with van der Waals surface area (Å²) >= 11 is 5.59. The molecule has 0 saturated carbocycles. The molecule has 0 saturated heterocycles. The molecule has 16 heavy (non-hydrogen) atoms. The lowest BCUT2D eigenvalue weighted by molar-refractivity contribution is 0.266. The second kappa shape index (κ2) is 6.69. The second-order valence-electron chi connectivity index (χ2n) is 3.77. The molecule has 0 N–H and O–H groups in total. The Morgan fingerprint density at radius 2 is 2.06 bits per heavy atom. The molecule has 0 bridgehead atoms. The maximum Gasteiger partial charge on any atom is 0.200 e. The SMILES string of the molecule is CC(CCCl)CCOc1cccc(F)c1F. The van der Waals surface area contributed by atoms with E-state index in [1.807, 2.05) is 6.92 Å². The van der Waals surface area contributed by atoms with E-state index in [4.69, 9.17) is 16.3 Å². The predicted molar refractivity (Wildman–Crippen MR) is 61.0 cm³/mol. The summed E-state index contributed by atoms with van der Waals surface area (Å²) in [5.41, 5.74) is 0. The first-order chi connectivity index (χ1) is 7.65. The van der Waals surface area contributed by atoms with E-state index in [1.54, 1.807) is 0 Å². The summed E-state index contributed by atoms with van der Waals surface area (Å²) < 4.78 is 31.1. The summed E-state index contributed by atoms with van der Waals surface area (Å²) in [6.45, 7) is 2.42. The lowest BCUT2D eigenvalue weighted by atomic mass is 10.1. The molecule has 0 spiro atoms. The van der Waals surface area contributed by atoms with E-state index in [0.29, 0.717) is 18.4 Å². The van der Waals surface area contributed by atoms with Gasteiger partial charge in [-0.3, -0.25) is 0 Å². The van der Waals surface area contributed by atoms with Crippen LogP contribution in [0.25, 0.3) is 0 Å². The average Bonchev–Trinajstić information content (AvgIpc) is 2.25. The van der Waals surface area contributed by atoms with Gasteiger partial charge in [-0.1, -0.05) is 13.0 Å². The van der Waals surface area contributed by atoms with Crippen molar-refractivity contribution in [2.45, 2.75) is 19.8 Å². The van der Waals surface area contributed by atoms with Gasteiger partial charge in [0, 0.05) is 5.88 Å². The van der Waals surface area contributed by atoms with Gasteiger partial charge >= 0.3 is 0 Å². The summed E-state index contributed by atoms with van der Waals surface area (Å²) in [6.07, 6.45) is 1.68. The molecule has 1 nitrogen and oxygen atoms in total. The van der Waals surface area contributed by atoms with Crippen LogP contribution in [-0.4, -0.2) is 12.5 Å². The highest BCUT2D eigenvalue weighted by Crippen LogP contribution is 2.20. The number of halogens is 3. The summed E-state index contributed by atoms with van der Waals surface area (Å²) in [5, 5.41) is 0. The number of alkyl halides is 1. The number of benzene rings is 1. The second-order valence-corrected chi connectivity index (χ2v) is 4.15. The van der Waals surface area contributed by atoms with E-state index in [2.05, 4.69) is 0 Å². The van der Waals surface area contributed by atoms with Crippen LogP contribution < -0.4 is 4.74 Å². The van der Waals surface area contributed by atoms with Crippen LogP contribution in [0.3, 0.4) is 0 Å². The van der Waals surface area contributed by atoms with E-state index in [-0.39, 0.29) is 5.75 Å². The Balaban J connectivity index is 2.40. The highest BCUT2D eigenvalue weighted by atomic mass is 35.5. The highest BCUT2D eigenvalue weighted by Gasteiger charge is 2.09. The smallest absolute Gasteiger partial charge is 0.200 e. The maximum absolute atomic E-state index is 13.2. The highest BCUT2D eigenvalue weighted by molar-refractivity contribution is 6.17. The summed E-state index contributed by atoms with van der Waals surface area (Å²) in [5.74, 6) is -0.804. The molecule has 0 heterocycles. The molecule has 1 aromatic carbocycles. The molecular weight excluding hydrogens is 234 g/mol. The molecule has 0 radical (unpaired) electrons. The number of hydrogen-bond acceptors (Lipinski definition) is 1. The number of hydrogen-bond donors (Lipinski definition) is 0. The largest absolute Gasteiger partial charge is 0.490 e. The fourth-order valence-corrected chi connectivity index (χ4v) is 1.67. The van der Waals surface area contributed by atoms with Crippen LogP contribution in [0.1, 0.15) is 19.8 Å². The zero-order valence-electron chi connectivity index (χ0n) is 9.18. The lowest BCUT2D eigenvalue weighted by Crippen LogP contribution is -2.06. The van der Waals surface area contributed by atoms with Gasteiger partial charge in [0.15, 0.2) is 11.6 Å². The molecule has 90 valence electrons. The summed E-state index contributed by atoms with van der Waals surface area (Å²) in [7, 11) is 0. The van der Waals surface area contributed by atoms with Gasteiger partial charge in [0.2, 0.25) is 5.82 Å². The van der Waals surface area contributed by atoms with Crippen molar-refractivity contribution < 1.29 is 13.5 Å². The van der Waals surface area contributed by atoms with Crippen LogP contribution >= 0.6 is 11.6 Å². The van der Waals surface area contributed by atoms with Gasteiger partial charge in [-0.25, -0.2) is 4.39 Å². The number of ether oxygens (including phenoxy) is 1. The van der Waals surface area contributed by atoms with Crippen LogP contribution in [0, 0.1) is 17.6 Å². The average molecular weight is 249 g/mol. The standard InChI is InChI=1S/C12H15ClF2O/c1-9(5-7-13)6-8-16-11-4-2-3-10(14)12(11)15/h2-4,9H,5-8H2,1H3. The molecule has 0 fully saturated rings. The minimum absolute atomic E-state index is 0.0296. The van der Waals surface area contributed by atoms with Crippen molar-refractivity contribution in [3.8, 4) is 5.75 Å². The lowest BCUT2D eigenvalue weighted by Gasteiger charge is -2.11. The zero-order chi connectivity index (χ0) is 12.0. The molecule has 0 aromatic heterocycles. The van der Waals surface area contributed by atoms with Gasteiger partial charge in [0.25, 0.3) is 0 Å². The van der Waals surface area contributed by atoms with Gasteiger partial charge in [0.05, 0.1) is 6.61 Å². The Morgan fingerprint density at radius 3 is 2.75 bits per heavy atom. The van der Waals surface area contributed by atoms with Gasteiger partial charge in [-0.2, -0.15) is 4.39 Å². The molecule has 0 aliphatic carbocycles. The van der Waals surface area contributed by atoms with E-state index < -0.39 is 11.6 Å². The Hall–Kier alpha value is -0.830. The fraction of sp³-hybridized carbons (Fsp3) is 0.500. The van der Waals surface area contributed by atoms with Crippen molar-refractivity contribution in [1.82, 2.24) is 0 Å². The van der Waals surface area contributed by atoms with Crippen molar-refractivity contribution in [2.75, 3.05) is 12.5 Å². The molecule has 0 aliphatic rings. The van der Waals surface area contributed by atoms with Crippen LogP contribution in [0.5, 0.6) is 5.75 Å². The van der Waals surface area contributed by atoms with Gasteiger partial charge in [-0.05, 0) is 30.9 Å². The van der Waals surface area contributed by atoms with Crippen LogP contribution in [0.2, 0.25) is 0 Å².